The Kier molecular flexibility index (Phi) is 6.41. The van der Waals surface area contributed by atoms with Crippen molar-refractivity contribution in [2.75, 3.05) is 11.1 Å². The van der Waals surface area contributed by atoms with Crippen LogP contribution in [0.15, 0.2) is 64.7 Å². The van der Waals surface area contributed by atoms with Crippen molar-refractivity contribution in [2.45, 2.75) is 32.0 Å². The van der Waals surface area contributed by atoms with Gasteiger partial charge in [0.2, 0.25) is 5.91 Å². The number of carbonyl (C=O) groups excluding carboxylic acids is 1. The zero-order chi connectivity index (χ0) is 22.7. The Morgan fingerprint density at radius 3 is 2.44 bits per heavy atom. The second-order valence-electron chi connectivity index (χ2n) is 7.70. The first-order valence-electron chi connectivity index (χ1n) is 10.4. The molecule has 0 saturated carbocycles. The van der Waals surface area contributed by atoms with Gasteiger partial charge >= 0.3 is 0 Å². The minimum atomic E-state index is -0.214. The third kappa shape index (κ3) is 4.91. The van der Waals surface area contributed by atoms with Gasteiger partial charge in [0.25, 0.3) is 5.56 Å². The van der Waals surface area contributed by atoms with Crippen molar-refractivity contribution in [1.82, 2.24) is 19.3 Å². The molecule has 0 bridgehead atoms. The highest BCUT2D eigenvalue weighted by atomic mass is 32.2. The molecular weight excluding hydrogens is 422 g/mol. The fraction of sp³-hybridized carbons (Fsp3) is 0.250. The quantitative estimate of drug-likeness (QED) is 0.344. The lowest BCUT2D eigenvalue weighted by atomic mass is 10.1. The average Bonchev–Trinajstić information content (AvgIpc) is 3.17. The van der Waals surface area contributed by atoms with Gasteiger partial charge in [0.05, 0.1) is 18.5 Å². The van der Waals surface area contributed by atoms with E-state index in [4.69, 9.17) is 0 Å². The molecule has 1 N–H and O–H groups in total. The van der Waals surface area contributed by atoms with E-state index >= 15 is 0 Å². The smallest absolute Gasteiger partial charge is 0.282 e. The van der Waals surface area contributed by atoms with E-state index in [0.717, 1.165) is 23.2 Å². The molecule has 164 valence electrons. The summed E-state index contributed by atoms with van der Waals surface area (Å²) in [6.07, 6.45) is 2.66. The van der Waals surface area contributed by atoms with Crippen LogP contribution in [-0.2, 0) is 24.8 Å². The first-order chi connectivity index (χ1) is 15.4. The number of benzene rings is 2. The van der Waals surface area contributed by atoms with Gasteiger partial charge in [0.15, 0.2) is 10.7 Å². The number of thioether (sulfide) groups is 1. The van der Waals surface area contributed by atoms with Crippen molar-refractivity contribution < 1.29 is 4.79 Å². The molecule has 4 rings (SSSR count). The van der Waals surface area contributed by atoms with Gasteiger partial charge in [0.1, 0.15) is 5.52 Å². The van der Waals surface area contributed by atoms with Crippen LogP contribution < -0.4 is 10.9 Å². The van der Waals surface area contributed by atoms with Crippen molar-refractivity contribution >= 4 is 34.4 Å². The van der Waals surface area contributed by atoms with Gasteiger partial charge in [-0.1, -0.05) is 60.6 Å². The molecular formula is C24H25N5O2S. The number of fused-ring (bicyclic) bond motifs is 1. The predicted octanol–water partition coefficient (Wildman–Crippen LogP) is 3.78. The Hall–Kier alpha value is -3.39. The molecule has 0 saturated heterocycles. The summed E-state index contributed by atoms with van der Waals surface area (Å²) in [5.41, 5.74) is 4.73. The summed E-state index contributed by atoms with van der Waals surface area (Å²) < 4.78 is 3.17. The fourth-order valence-corrected chi connectivity index (χ4v) is 4.16. The number of hydrogen-bond donors (Lipinski definition) is 1. The Bertz CT molecular complexity index is 1310. The van der Waals surface area contributed by atoms with Crippen molar-refractivity contribution in [3.05, 3.63) is 81.8 Å². The molecule has 1 amide bonds. The molecule has 0 aliphatic rings. The van der Waals surface area contributed by atoms with E-state index in [1.54, 1.807) is 22.5 Å². The molecule has 0 fully saturated rings. The highest BCUT2D eigenvalue weighted by Crippen LogP contribution is 2.19. The van der Waals surface area contributed by atoms with Crippen LogP contribution in [0.4, 0.5) is 5.69 Å². The van der Waals surface area contributed by atoms with Gasteiger partial charge in [-0.25, -0.2) is 4.98 Å². The monoisotopic (exact) mass is 447 g/mol. The lowest BCUT2D eigenvalue weighted by Gasteiger charge is -2.12. The molecule has 32 heavy (non-hydrogen) atoms. The molecule has 2 aromatic carbocycles. The van der Waals surface area contributed by atoms with E-state index in [1.807, 2.05) is 55.5 Å². The van der Waals surface area contributed by atoms with E-state index in [-0.39, 0.29) is 17.2 Å². The molecule has 0 unspecified atom stereocenters. The van der Waals surface area contributed by atoms with E-state index < -0.39 is 0 Å². The second-order valence-corrected chi connectivity index (χ2v) is 8.64. The van der Waals surface area contributed by atoms with E-state index in [2.05, 4.69) is 22.3 Å². The molecule has 4 aromatic rings. The number of nitrogens with zero attached hydrogens (tertiary/aromatic N) is 4. The van der Waals surface area contributed by atoms with Gasteiger partial charge in [-0.15, -0.1) is 0 Å². The number of anilines is 1. The molecule has 2 aromatic heterocycles. The number of hydrogen-bond acceptors (Lipinski definition) is 5. The highest BCUT2D eigenvalue weighted by Gasteiger charge is 2.16. The first-order valence-corrected chi connectivity index (χ1v) is 11.4. The van der Waals surface area contributed by atoms with Crippen molar-refractivity contribution in [3.63, 3.8) is 0 Å². The third-order valence-corrected chi connectivity index (χ3v) is 6.12. The van der Waals surface area contributed by atoms with Crippen molar-refractivity contribution in [1.29, 1.82) is 0 Å². The first kappa shape index (κ1) is 21.8. The molecule has 8 heteroatoms. The molecule has 0 aliphatic heterocycles. The Labute approximate surface area is 190 Å². The summed E-state index contributed by atoms with van der Waals surface area (Å²) >= 11 is 1.25. The van der Waals surface area contributed by atoms with Gasteiger partial charge in [-0.2, -0.15) is 5.10 Å². The summed E-state index contributed by atoms with van der Waals surface area (Å²) in [6, 6.07) is 15.8. The van der Waals surface area contributed by atoms with Gasteiger partial charge < -0.3 is 5.32 Å². The molecule has 0 aliphatic carbocycles. The molecule has 0 radical (unpaired) electrons. The van der Waals surface area contributed by atoms with Crippen LogP contribution in [0.1, 0.15) is 23.6 Å². The van der Waals surface area contributed by atoms with Gasteiger partial charge in [-0.05, 0) is 36.6 Å². The summed E-state index contributed by atoms with van der Waals surface area (Å²) in [7, 11) is 1.76. The van der Waals surface area contributed by atoms with Crippen LogP contribution in [0, 0.1) is 6.92 Å². The average molecular weight is 448 g/mol. The van der Waals surface area contributed by atoms with E-state index in [9.17, 15) is 9.59 Å². The van der Waals surface area contributed by atoms with Gasteiger partial charge in [-0.3, -0.25) is 18.8 Å². The SMILES string of the molecule is CCc1ccc(NC(=O)CSc2nc3cn(C)nc3c(=O)n2Cc2ccc(C)cc2)cc1. The molecule has 0 atom stereocenters. The predicted molar refractivity (Wildman–Crippen MR) is 128 cm³/mol. The topological polar surface area (TPSA) is 81.8 Å². The lowest BCUT2D eigenvalue weighted by Crippen LogP contribution is -2.25. The maximum absolute atomic E-state index is 13.2. The fourth-order valence-electron chi connectivity index (χ4n) is 3.36. The largest absolute Gasteiger partial charge is 0.325 e. The lowest BCUT2D eigenvalue weighted by molar-refractivity contribution is -0.113. The standard InChI is InChI=1S/C24H25N5O2S/c1-4-17-9-11-19(12-10-17)25-21(30)15-32-24-26-20-14-28(3)27-22(20)23(31)29(24)13-18-7-5-16(2)6-8-18/h5-12,14H,4,13,15H2,1-3H3,(H,25,30). The highest BCUT2D eigenvalue weighted by molar-refractivity contribution is 7.99. The van der Waals surface area contributed by atoms with Crippen LogP contribution >= 0.6 is 11.8 Å². The second kappa shape index (κ2) is 9.40. The summed E-state index contributed by atoms with van der Waals surface area (Å²) in [6.45, 7) is 4.47. The van der Waals surface area contributed by atoms with Crippen LogP contribution in [0.3, 0.4) is 0 Å². The maximum atomic E-state index is 13.2. The van der Waals surface area contributed by atoms with Gasteiger partial charge in [0, 0.05) is 12.7 Å². The number of nitrogens with one attached hydrogen (secondary N) is 1. The zero-order valence-electron chi connectivity index (χ0n) is 18.3. The van der Waals surface area contributed by atoms with Crippen LogP contribution in [0.2, 0.25) is 0 Å². The number of amides is 1. The number of carbonyl (C=O) groups is 1. The summed E-state index contributed by atoms with van der Waals surface area (Å²) in [5, 5.41) is 7.66. The van der Waals surface area contributed by atoms with Crippen LogP contribution in [0.5, 0.6) is 0 Å². The van der Waals surface area contributed by atoms with E-state index in [0.29, 0.717) is 22.7 Å². The maximum Gasteiger partial charge on any atom is 0.282 e. The molecule has 7 nitrogen and oxygen atoms in total. The third-order valence-electron chi connectivity index (χ3n) is 5.14. The Morgan fingerprint density at radius 2 is 1.75 bits per heavy atom. The summed E-state index contributed by atoms with van der Waals surface area (Å²) in [5.74, 6) is -0.0107. The minimum absolute atomic E-state index is 0.141. The van der Waals surface area contributed by atoms with Crippen molar-refractivity contribution in [2.24, 2.45) is 7.05 Å². The number of aromatic nitrogens is 4. The summed E-state index contributed by atoms with van der Waals surface area (Å²) in [4.78, 5) is 30.3. The zero-order valence-corrected chi connectivity index (χ0v) is 19.1. The van der Waals surface area contributed by atoms with Crippen molar-refractivity contribution in [3.8, 4) is 0 Å². The minimum Gasteiger partial charge on any atom is -0.325 e. The van der Waals surface area contributed by atoms with Crippen LogP contribution in [-0.4, -0.2) is 31.0 Å². The number of rotatable bonds is 7. The molecule has 2 heterocycles. The van der Waals surface area contributed by atoms with E-state index in [1.165, 1.54) is 17.3 Å². The van der Waals surface area contributed by atoms with Crippen LogP contribution in [0.25, 0.3) is 11.0 Å². The Morgan fingerprint density at radius 1 is 1.06 bits per heavy atom. The molecule has 0 spiro atoms. The number of aryl methyl sites for hydroxylation is 3. The Balaban J connectivity index is 1.57. The normalized spacial score (nSPS) is 11.1.